The number of nitrogens with one attached hydrogen (secondary N) is 2. The third-order valence-corrected chi connectivity index (χ3v) is 4.13. The number of hydrogen-bond donors (Lipinski definition) is 2. The van der Waals surface area contributed by atoms with Crippen molar-refractivity contribution in [3.05, 3.63) is 70.9 Å². The van der Waals surface area contributed by atoms with Gasteiger partial charge >= 0.3 is 0 Å². The lowest BCUT2D eigenvalue weighted by Gasteiger charge is -2.13. The summed E-state index contributed by atoms with van der Waals surface area (Å²) in [6.07, 6.45) is 0.861. The van der Waals surface area contributed by atoms with Gasteiger partial charge in [0.25, 0.3) is 0 Å². The zero-order chi connectivity index (χ0) is 19.1. The van der Waals surface area contributed by atoms with Crippen molar-refractivity contribution in [3.63, 3.8) is 0 Å². The van der Waals surface area contributed by atoms with E-state index in [-0.39, 0.29) is 0 Å². The Morgan fingerprint density at radius 1 is 1.04 bits per heavy atom. The Labute approximate surface area is 164 Å². The van der Waals surface area contributed by atoms with E-state index in [1.807, 2.05) is 62.4 Å². The van der Waals surface area contributed by atoms with Gasteiger partial charge in [-0.1, -0.05) is 35.9 Å². The lowest BCUT2D eigenvalue weighted by molar-refractivity contribution is 0.342. The van der Waals surface area contributed by atoms with Crippen molar-refractivity contribution < 1.29 is 4.74 Å². The Hall–Kier alpha value is -2.79. The standard InChI is InChI=1S/C21H23ClN4O/c1-3-27-19-10-5-4-9-18(19)25-21-24-15(2)13-20(26-21)23-12-11-16-7-6-8-17(22)14-16/h4-10,13-14H,3,11-12H2,1-2H3,(H2,23,24,25,26). The molecule has 0 unspecified atom stereocenters. The average molecular weight is 383 g/mol. The molecule has 0 aliphatic heterocycles. The summed E-state index contributed by atoms with van der Waals surface area (Å²) in [6, 6.07) is 17.6. The quantitative estimate of drug-likeness (QED) is 0.558. The number of ether oxygens (including phenoxy) is 1. The highest BCUT2D eigenvalue weighted by atomic mass is 35.5. The van der Waals surface area contributed by atoms with Gasteiger partial charge in [0.2, 0.25) is 5.95 Å². The molecule has 2 aromatic carbocycles. The van der Waals surface area contributed by atoms with Gasteiger partial charge in [-0.2, -0.15) is 4.98 Å². The average Bonchev–Trinajstić information content (AvgIpc) is 2.63. The van der Waals surface area contributed by atoms with Crippen LogP contribution in [0.1, 0.15) is 18.2 Å². The third-order valence-electron chi connectivity index (χ3n) is 3.90. The van der Waals surface area contributed by atoms with E-state index in [9.17, 15) is 0 Å². The molecule has 140 valence electrons. The third kappa shape index (κ3) is 5.59. The molecule has 6 heteroatoms. The topological polar surface area (TPSA) is 59.1 Å². The molecule has 0 fully saturated rings. The van der Waals surface area contributed by atoms with Crippen molar-refractivity contribution >= 4 is 29.1 Å². The van der Waals surface area contributed by atoms with Gasteiger partial charge < -0.3 is 15.4 Å². The molecule has 1 aromatic heterocycles. The minimum absolute atomic E-state index is 0.535. The number of aryl methyl sites for hydroxylation is 1. The van der Waals surface area contributed by atoms with Gasteiger partial charge in [-0.15, -0.1) is 0 Å². The summed E-state index contributed by atoms with van der Waals surface area (Å²) in [4.78, 5) is 9.04. The van der Waals surface area contributed by atoms with Gasteiger partial charge in [-0.05, 0) is 50.1 Å². The fourth-order valence-electron chi connectivity index (χ4n) is 2.71. The summed E-state index contributed by atoms with van der Waals surface area (Å²) in [7, 11) is 0. The van der Waals surface area contributed by atoms with Crippen LogP contribution in [0.25, 0.3) is 0 Å². The highest BCUT2D eigenvalue weighted by molar-refractivity contribution is 6.30. The van der Waals surface area contributed by atoms with Crippen LogP contribution in [0.5, 0.6) is 5.75 Å². The Morgan fingerprint density at radius 3 is 2.70 bits per heavy atom. The van der Waals surface area contributed by atoms with Gasteiger partial charge in [0, 0.05) is 23.3 Å². The second-order valence-electron chi connectivity index (χ2n) is 6.08. The molecular formula is C21H23ClN4O. The minimum atomic E-state index is 0.535. The number of hydrogen-bond acceptors (Lipinski definition) is 5. The van der Waals surface area contributed by atoms with Crippen molar-refractivity contribution in [3.8, 4) is 5.75 Å². The zero-order valence-electron chi connectivity index (χ0n) is 15.5. The van der Waals surface area contributed by atoms with E-state index in [1.165, 1.54) is 5.56 Å². The molecule has 0 aliphatic carbocycles. The molecule has 0 atom stereocenters. The smallest absolute Gasteiger partial charge is 0.229 e. The fourth-order valence-corrected chi connectivity index (χ4v) is 2.93. The maximum absolute atomic E-state index is 6.04. The normalized spacial score (nSPS) is 10.5. The highest BCUT2D eigenvalue weighted by Crippen LogP contribution is 2.26. The van der Waals surface area contributed by atoms with E-state index >= 15 is 0 Å². The van der Waals surface area contributed by atoms with E-state index < -0.39 is 0 Å². The molecule has 0 saturated carbocycles. The van der Waals surface area contributed by atoms with Crippen LogP contribution >= 0.6 is 11.6 Å². The fraction of sp³-hybridized carbons (Fsp3) is 0.238. The van der Waals surface area contributed by atoms with Crippen LogP contribution < -0.4 is 15.4 Å². The van der Waals surface area contributed by atoms with Gasteiger partial charge in [0.1, 0.15) is 11.6 Å². The van der Waals surface area contributed by atoms with E-state index in [0.29, 0.717) is 12.6 Å². The van der Waals surface area contributed by atoms with Crippen molar-refractivity contribution in [1.82, 2.24) is 9.97 Å². The summed E-state index contributed by atoms with van der Waals surface area (Å²) in [5.74, 6) is 2.09. The number of halogens is 1. The van der Waals surface area contributed by atoms with Crippen LogP contribution in [0, 0.1) is 6.92 Å². The number of nitrogens with zero attached hydrogens (tertiary/aromatic N) is 2. The lowest BCUT2D eigenvalue weighted by atomic mass is 10.1. The highest BCUT2D eigenvalue weighted by Gasteiger charge is 2.07. The molecule has 27 heavy (non-hydrogen) atoms. The molecular weight excluding hydrogens is 360 g/mol. The Bertz CT molecular complexity index is 901. The van der Waals surface area contributed by atoms with Gasteiger partial charge in [-0.25, -0.2) is 4.98 Å². The van der Waals surface area contributed by atoms with Crippen molar-refractivity contribution in [2.45, 2.75) is 20.3 Å². The summed E-state index contributed by atoms with van der Waals surface area (Å²) in [6.45, 7) is 5.26. The number of benzene rings is 2. The first-order valence-corrected chi connectivity index (χ1v) is 9.34. The van der Waals surface area contributed by atoms with Crippen molar-refractivity contribution in [1.29, 1.82) is 0 Å². The number of rotatable bonds is 8. The van der Waals surface area contributed by atoms with E-state index in [1.54, 1.807) is 0 Å². The molecule has 5 nitrogen and oxygen atoms in total. The van der Waals surface area contributed by atoms with Crippen LogP contribution in [0.3, 0.4) is 0 Å². The molecule has 2 N–H and O–H groups in total. The minimum Gasteiger partial charge on any atom is -0.492 e. The van der Waals surface area contributed by atoms with E-state index in [0.717, 1.165) is 40.9 Å². The first-order valence-electron chi connectivity index (χ1n) is 8.97. The Morgan fingerprint density at radius 2 is 1.89 bits per heavy atom. The van der Waals surface area contributed by atoms with Crippen molar-refractivity contribution in [2.24, 2.45) is 0 Å². The van der Waals surface area contributed by atoms with Crippen LogP contribution in [0.2, 0.25) is 5.02 Å². The molecule has 0 spiro atoms. The van der Waals surface area contributed by atoms with Crippen molar-refractivity contribution in [2.75, 3.05) is 23.8 Å². The first-order chi connectivity index (χ1) is 13.1. The molecule has 0 saturated heterocycles. The van der Waals surface area contributed by atoms with Crippen LogP contribution in [-0.2, 0) is 6.42 Å². The van der Waals surface area contributed by atoms with Crippen LogP contribution in [0.4, 0.5) is 17.5 Å². The zero-order valence-corrected chi connectivity index (χ0v) is 16.3. The molecule has 0 bridgehead atoms. The molecule has 0 aliphatic rings. The molecule has 3 aromatic rings. The second kappa shape index (κ2) is 9.24. The first kappa shape index (κ1) is 19.0. The van der Waals surface area contributed by atoms with Gasteiger partial charge in [0.05, 0.1) is 12.3 Å². The van der Waals surface area contributed by atoms with Crippen LogP contribution in [-0.4, -0.2) is 23.1 Å². The summed E-state index contributed by atoms with van der Waals surface area (Å²) >= 11 is 6.04. The van der Waals surface area contributed by atoms with E-state index in [2.05, 4.69) is 26.7 Å². The van der Waals surface area contributed by atoms with Crippen LogP contribution in [0.15, 0.2) is 54.6 Å². The van der Waals surface area contributed by atoms with E-state index in [4.69, 9.17) is 16.3 Å². The predicted octanol–water partition coefficient (Wildman–Crippen LogP) is 5.24. The Kier molecular flexibility index (Phi) is 6.49. The predicted molar refractivity (Wildman–Crippen MR) is 111 cm³/mol. The summed E-state index contributed by atoms with van der Waals surface area (Å²) in [5.41, 5.74) is 2.91. The largest absolute Gasteiger partial charge is 0.492 e. The summed E-state index contributed by atoms with van der Waals surface area (Å²) in [5, 5.41) is 7.36. The lowest BCUT2D eigenvalue weighted by Crippen LogP contribution is -2.09. The maximum Gasteiger partial charge on any atom is 0.229 e. The van der Waals surface area contributed by atoms with Gasteiger partial charge in [0.15, 0.2) is 0 Å². The SMILES string of the molecule is CCOc1ccccc1Nc1nc(C)cc(NCCc2cccc(Cl)c2)n1. The maximum atomic E-state index is 6.04. The second-order valence-corrected chi connectivity index (χ2v) is 6.52. The number of anilines is 3. The Balaban J connectivity index is 1.67. The molecule has 0 radical (unpaired) electrons. The number of aromatic nitrogens is 2. The monoisotopic (exact) mass is 382 g/mol. The van der Waals surface area contributed by atoms with Gasteiger partial charge in [-0.3, -0.25) is 0 Å². The molecule has 1 heterocycles. The number of para-hydroxylation sites is 2. The molecule has 0 amide bonds. The molecule has 3 rings (SSSR count). The summed E-state index contributed by atoms with van der Waals surface area (Å²) < 4.78 is 5.65.